The Balaban J connectivity index is 1.65. The number of anilines is 1. The van der Waals surface area contributed by atoms with Crippen LogP contribution in [0.25, 0.3) is 32.6 Å². The fourth-order valence-electron chi connectivity index (χ4n) is 5.27. The van der Waals surface area contributed by atoms with Gasteiger partial charge in [-0.15, -0.1) is 21.5 Å². The average molecular weight is 592 g/mol. The number of carbonyl (C=O) groups is 2. The third-order valence-electron chi connectivity index (χ3n) is 7.44. The molecule has 1 aliphatic heterocycles. The molecule has 3 heterocycles. The van der Waals surface area contributed by atoms with Crippen molar-refractivity contribution in [3.8, 4) is 22.4 Å². The highest BCUT2D eigenvalue weighted by Gasteiger charge is 2.43. The molecular formula is C33H29N5O2S2. The van der Waals surface area contributed by atoms with E-state index in [0.29, 0.717) is 38.6 Å². The number of carbonyl (C=O) groups excluding carboxylic acids is 2. The maximum absolute atomic E-state index is 14.1. The Hall–Kier alpha value is -4.18. The van der Waals surface area contributed by atoms with Gasteiger partial charge >= 0.3 is 0 Å². The summed E-state index contributed by atoms with van der Waals surface area (Å²) in [5.41, 5.74) is 4.11. The molecule has 9 heteroatoms. The van der Waals surface area contributed by atoms with Crippen LogP contribution in [0.5, 0.6) is 0 Å². The molecule has 1 atom stereocenters. The first-order valence-corrected chi connectivity index (χ1v) is 15.6. The van der Waals surface area contributed by atoms with Crippen LogP contribution in [0, 0.1) is 5.41 Å². The Labute approximate surface area is 252 Å². The van der Waals surface area contributed by atoms with Crippen LogP contribution < -0.4 is 4.90 Å². The molecule has 6 rings (SSSR count). The normalized spacial score (nSPS) is 15.2. The number of hydrogen-bond donors (Lipinski definition) is 1. The van der Waals surface area contributed by atoms with Gasteiger partial charge in [0.25, 0.3) is 0 Å². The Morgan fingerprint density at radius 1 is 0.881 bits per heavy atom. The molecule has 1 fully saturated rings. The van der Waals surface area contributed by atoms with Gasteiger partial charge in [0, 0.05) is 28.6 Å². The monoisotopic (exact) mass is 591 g/mol. The lowest BCUT2D eigenvalue weighted by molar-refractivity contribution is -0.117. The van der Waals surface area contributed by atoms with E-state index in [9.17, 15) is 9.59 Å². The highest BCUT2D eigenvalue weighted by molar-refractivity contribution is 8.16. The second kappa shape index (κ2) is 12.0. The number of rotatable bonds is 9. The summed E-state index contributed by atoms with van der Waals surface area (Å²) in [7, 11) is 0. The second-order valence-electron chi connectivity index (χ2n) is 9.88. The summed E-state index contributed by atoms with van der Waals surface area (Å²) in [5, 5.41) is 18.6. The van der Waals surface area contributed by atoms with Crippen LogP contribution in [0.1, 0.15) is 29.1 Å². The zero-order chi connectivity index (χ0) is 29.2. The van der Waals surface area contributed by atoms with E-state index >= 15 is 0 Å². The van der Waals surface area contributed by atoms with Crippen molar-refractivity contribution in [1.29, 1.82) is 5.41 Å². The number of nitrogens with one attached hydrogen (secondary N) is 1. The highest BCUT2D eigenvalue weighted by atomic mass is 32.2. The van der Waals surface area contributed by atoms with Gasteiger partial charge in [-0.05, 0) is 18.7 Å². The number of hydrogen-bond acceptors (Lipinski definition) is 8. The number of amides is 1. The molecule has 0 bridgehead atoms. The molecule has 7 nitrogen and oxygen atoms in total. The number of benzene rings is 3. The first kappa shape index (κ1) is 28.0. The molecule has 210 valence electrons. The van der Waals surface area contributed by atoms with Gasteiger partial charge in [-0.25, -0.2) is 0 Å². The van der Waals surface area contributed by atoms with E-state index in [1.54, 1.807) is 12.1 Å². The van der Waals surface area contributed by atoms with Gasteiger partial charge in [-0.2, -0.15) is 0 Å². The minimum atomic E-state index is -0.449. The molecule has 0 saturated carbocycles. The molecule has 1 N–H and O–H groups in total. The van der Waals surface area contributed by atoms with Crippen molar-refractivity contribution in [2.75, 3.05) is 24.5 Å². The zero-order valence-electron chi connectivity index (χ0n) is 23.3. The van der Waals surface area contributed by atoms with Crippen LogP contribution in [0.2, 0.25) is 0 Å². The van der Waals surface area contributed by atoms with Crippen molar-refractivity contribution < 1.29 is 9.59 Å². The van der Waals surface area contributed by atoms with Gasteiger partial charge < -0.3 is 4.90 Å². The Morgan fingerprint density at radius 3 is 2.10 bits per heavy atom. The molecule has 1 aliphatic rings. The lowest BCUT2D eigenvalue weighted by Gasteiger charge is -2.22. The van der Waals surface area contributed by atoms with Crippen molar-refractivity contribution in [3.63, 3.8) is 0 Å². The van der Waals surface area contributed by atoms with Crippen molar-refractivity contribution in [2.45, 2.75) is 19.1 Å². The fourth-order valence-corrected chi connectivity index (χ4v) is 7.39. The molecule has 0 aliphatic carbocycles. The Kier molecular flexibility index (Phi) is 7.97. The van der Waals surface area contributed by atoms with E-state index in [1.807, 2.05) is 78.9 Å². The van der Waals surface area contributed by atoms with E-state index in [1.165, 1.54) is 28.0 Å². The van der Waals surface area contributed by atoms with Crippen LogP contribution in [0.3, 0.4) is 0 Å². The van der Waals surface area contributed by atoms with Crippen LogP contribution in [0.15, 0.2) is 91.0 Å². The van der Waals surface area contributed by atoms with E-state index in [0.717, 1.165) is 29.8 Å². The maximum Gasteiger partial charge on any atom is 0.248 e. The van der Waals surface area contributed by atoms with Crippen LogP contribution >= 0.6 is 23.1 Å². The number of aromatic nitrogens is 2. The molecule has 1 saturated heterocycles. The third-order valence-corrected chi connectivity index (χ3v) is 9.54. The molecular weight excluding hydrogens is 563 g/mol. The Morgan fingerprint density at radius 2 is 1.48 bits per heavy atom. The summed E-state index contributed by atoms with van der Waals surface area (Å²) in [6.07, 6.45) is 0. The van der Waals surface area contributed by atoms with E-state index < -0.39 is 5.25 Å². The summed E-state index contributed by atoms with van der Waals surface area (Å²) in [4.78, 5) is 32.8. The average Bonchev–Trinajstić information content (AvgIpc) is 3.55. The lowest BCUT2D eigenvalue weighted by Crippen LogP contribution is -2.38. The zero-order valence-corrected chi connectivity index (χ0v) is 24.9. The van der Waals surface area contributed by atoms with Crippen LogP contribution in [0.4, 0.5) is 5.69 Å². The summed E-state index contributed by atoms with van der Waals surface area (Å²) >= 11 is 2.46. The first-order chi connectivity index (χ1) is 20.5. The van der Waals surface area contributed by atoms with Gasteiger partial charge in [0.2, 0.25) is 11.7 Å². The maximum atomic E-state index is 14.1. The molecule has 5 aromatic rings. The molecule has 0 spiro atoms. The van der Waals surface area contributed by atoms with Gasteiger partial charge in [-0.1, -0.05) is 117 Å². The number of amidine groups is 1. The second-order valence-corrected chi connectivity index (χ2v) is 12.1. The minimum absolute atomic E-state index is 0.107. The summed E-state index contributed by atoms with van der Waals surface area (Å²) < 4.78 is 0. The lowest BCUT2D eigenvalue weighted by atomic mass is 9.95. The van der Waals surface area contributed by atoms with Crippen LogP contribution in [-0.4, -0.2) is 56.8 Å². The minimum Gasteiger partial charge on any atom is -0.302 e. The molecule has 42 heavy (non-hydrogen) atoms. The van der Waals surface area contributed by atoms with Crippen molar-refractivity contribution in [2.24, 2.45) is 0 Å². The predicted octanol–water partition coefficient (Wildman–Crippen LogP) is 6.98. The highest BCUT2D eigenvalue weighted by Crippen LogP contribution is 2.48. The summed E-state index contributed by atoms with van der Waals surface area (Å²) in [6.45, 7) is 6.27. The van der Waals surface area contributed by atoms with E-state index in [-0.39, 0.29) is 16.9 Å². The molecule has 3 aromatic carbocycles. The van der Waals surface area contributed by atoms with Gasteiger partial charge in [0.05, 0.1) is 5.69 Å². The van der Waals surface area contributed by atoms with Gasteiger partial charge in [0.1, 0.15) is 20.7 Å². The fraction of sp³-hybridized carbons (Fsp3) is 0.182. The van der Waals surface area contributed by atoms with Crippen molar-refractivity contribution in [1.82, 2.24) is 15.1 Å². The van der Waals surface area contributed by atoms with Crippen molar-refractivity contribution >= 4 is 55.9 Å². The largest absolute Gasteiger partial charge is 0.302 e. The molecule has 1 unspecified atom stereocenters. The number of fused-ring (bicyclic) bond motifs is 1. The van der Waals surface area contributed by atoms with Gasteiger partial charge in [0.15, 0.2) is 5.17 Å². The standard InChI is InChI=1S/C33H29N5O2S2/c1-3-37(4-2)20-24-32(40)38(33(34)41-24)28-26-25(21-14-8-5-9-15-21)27(22-16-10-6-11-17-22)35-36-31(26)42-30(28)29(39)23-18-12-7-13-19-23/h5-19,24,34H,3-4,20H2,1-2H3. The first-order valence-electron chi connectivity index (χ1n) is 13.9. The molecule has 2 aromatic heterocycles. The summed E-state index contributed by atoms with van der Waals surface area (Å²) in [5.74, 6) is -0.414. The number of thiophene rings is 1. The number of ketones is 1. The molecule has 0 radical (unpaired) electrons. The third kappa shape index (κ3) is 5.04. The van der Waals surface area contributed by atoms with E-state index in [2.05, 4.69) is 28.9 Å². The van der Waals surface area contributed by atoms with Crippen molar-refractivity contribution in [3.05, 3.63) is 101 Å². The van der Waals surface area contributed by atoms with E-state index in [4.69, 9.17) is 5.41 Å². The summed E-state index contributed by atoms with van der Waals surface area (Å²) in [6, 6.07) is 28.7. The number of thioether (sulfide) groups is 1. The van der Waals surface area contributed by atoms with Crippen LogP contribution in [-0.2, 0) is 4.79 Å². The predicted molar refractivity (Wildman–Crippen MR) is 173 cm³/mol. The quantitative estimate of drug-likeness (QED) is 0.186. The molecule has 1 amide bonds. The van der Waals surface area contributed by atoms with Gasteiger partial charge in [-0.3, -0.25) is 19.9 Å². The SMILES string of the molecule is CCN(CC)CC1SC(=N)N(c2c(C(=O)c3ccccc3)sc3nnc(-c4ccccc4)c(-c4ccccc4)c23)C1=O. The Bertz CT molecular complexity index is 1770. The number of nitrogens with zero attached hydrogens (tertiary/aromatic N) is 4. The smallest absolute Gasteiger partial charge is 0.248 e. The topological polar surface area (TPSA) is 90.2 Å².